The number of hydrogen-bond donors (Lipinski definition) is 1. The van der Waals surface area contributed by atoms with Gasteiger partial charge in [-0.05, 0) is 31.4 Å². The lowest BCUT2D eigenvalue weighted by Gasteiger charge is -2.03. The van der Waals surface area contributed by atoms with Crippen LogP contribution in [-0.2, 0) is 11.3 Å². The summed E-state index contributed by atoms with van der Waals surface area (Å²) in [5.74, 6) is -0.993. The quantitative estimate of drug-likeness (QED) is 0.806. The highest BCUT2D eigenvalue weighted by atomic mass is 32.1. The minimum Gasteiger partial charge on any atom is -0.476 e. The van der Waals surface area contributed by atoms with E-state index >= 15 is 0 Å². The number of rotatable bonds is 4. The molecule has 1 N–H and O–H groups in total. The number of carbonyl (C=O) groups is 1. The van der Waals surface area contributed by atoms with Crippen molar-refractivity contribution < 1.29 is 14.6 Å². The molecule has 0 unspecified atom stereocenters. The highest BCUT2D eigenvalue weighted by Crippen LogP contribution is 2.12. The molecule has 0 aliphatic carbocycles. The minimum atomic E-state index is -0.993. The Hall–Kier alpha value is -0.940. The molecule has 4 nitrogen and oxygen atoms in total. The van der Waals surface area contributed by atoms with Crippen LogP contribution in [0.25, 0.3) is 0 Å². The van der Waals surface area contributed by atoms with Gasteiger partial charge >= 0.3 is 5.97 Å². The Morgan fingerprint density at radius 3 is 2.92 bits per heavy atom. The molecule has 5 heteroatoms. The van der Waals surface area contributed by atoms with E-state index < -0.39 is 5.97 Å². The fourth-order valence-corrected chi connectivity index (χ4v) is 1.36. The molecule has 0 spiro atoms. The maximum atomic E-state index is 10.5. The predicted molar refractivity (Wildman–Crippen MR) is 49.0 cm³/mol. The van der Waals surface area contributed by atoms with E-state index in [9.17, 15) is 4.79 Å². The molecular formula is C8H11NO3S. The Labute approximate surface area is 80.3 Å². The zero-order chi connectivity index (χ0) is 9.84. The first-order valence-electron chi connectivity index (χ1n) is 3.90. The monoisotopic (exact) mass is 201 g/mol. The van der Waals surface area contributed by atoms with E-state index in [-0.39, 0.29) is 11.8 Å². The van der Waals surface area contributed by atoms with E-state index in [4.69, 9.17) is 9.84 Å². The van der Waals surface area contributed by atoms with Crippen molar-refractivity contribution in [3.05, 3.63) is 16.6 Å². The molecule has 0 atom stereocenters. The SMILES string of the molecule is CC(C)OCc1cc(C(=O)O)ns1. The number of carboxylic acids is 1. The number of carboxylic acid groups (broad SMARTS) is 1. The van der Waals surface area contributed by atoms with Crippen molar-refractivity contribution >= 4 is 17.5 Å². The number of aromatic carboxylic acids is 1. The second-order valence-electron chi connectivity index (χ2n) is 2.84. The van der Waals surface area contributed by atoms with E-state index in [0.29, 0.717) is 6.61 Å². The van der Waals surface area contributed by atoms with Gasteiger partial charge in [-0.3, -0.25) is 0 Å². The Bertz CT molecular complexity index is 295. The first-order valence-corrected chi connectivity index (χ1v) is 4.67. The maximum Gasteiger partial charge on any atom is 0.355 e. The van der Waals surface area contributed by atoms with Gasteiger partial charge in [0.15, 0.2) is 5.69 Å². The van der Waals surface area contributed by atoms with Crippen molar-refractivity contribution in [2.24, 2.45) is 0 Å². The Kier molecular flexibility index (Phi) is 3.39. The third kappa shape index (κ3) is 3.12. The van der Waals surface area contributed by atoms with Crippen LogP contribution in [0.4, 0.5) is 0 Å². The standard InChI is InChI=1S/C8H11NO3S/c1-5(2)12-4-6-3-7(8(10)11)9-13-6/h3,5H,4H2,1-2H3,(H,10,11). The highest BCUT2D eigenvalue weighted by Gasteiger charge is 2.08. The molecule has 1 rings (SSSR count). The van der Waals surface area contributed by atoms with E-state index in [2.05, 4.69) is 4.37 Å². The largest absolute Gasteiger partial charge is 0.476 e. The summed E-state index contributed by atoms with van der Waals surface area (Å²) in [4.78, 5) is 11.3. The zero-order valence-corrected chi connectivity index (χ0v) is 8.30. The first-order chi connectivity index (χ1) is 6.09. The molecule has 0 amide bonds. The van der Waals surface area contributed by atoms with Crippen molar-refractivity contribution in [1.29, 1.82) is 0 Å². The molecule has 0 aliphatic heterocycles. The van der Waals surface area contributed by atoms with Crippen LogP contribution in [0.15, 0.2) is 6.07 Å². The van der Waals surface area contributed by atoms with Gasteiger partial charge in [0, 0.05) is 0 Å². The van der Waals surface area contributed by atoms with Gasteiger partial charge in [0.25, 0.3) is 0 Å². The second kappa shape index (κ2) is 4.34. The van der Waals surface area contributed by atoms with Gasteiger partial charge in [0.1, 0.15) is 0 Å². The fraction of sp³-hybridized carbons (Fsp3) is 0.500. The summed E-state index contributed by atoms with van der Waals surface area (Å²) in [6.07, 6.45) is 0.148. The molecule has 0 aromatic carbocycles. The Morgan fingerprint density at radius 1 is 1.77 bits per heavy atom. The predicted octanol–water partition coefficient (Wildman–Crippen LogP) is 1.77. The fourth-order valence-electron chi connectivity index (χ4n) is 0.731. The Balaban J connectivity index is 2.54. The van der Waals surface area contributed by atoms with Crippen LogP contribution in [0.5, 0.6) is 0 Å². The van der Waals surface area contributed by atoms with Crippen LogP contribution in [-0.4, -0.2) is 21.6 Å². The molecule has 13 heavy (non-hydrogen) atoms. The van der Waals surface area contributed by atoms with Crippen LogP contribution in [0, 0.1) is 0 Å². The van der Waals surface area contributed by atoms with Gasteiger partial charge in [-0.1, -0.05) is 0 Å². The topological polar surface area (TPSA) is 59.4 Å². The highest BCUT2D eigenvalue weighted by molar-refractivity contribution is 7.05. The van der Waals surface area contributed by atoms with Gasteiger partial charge < -0.3 is 9.84 Å². The molecule has 0 bridgehead atoms. The molecule has 0 saturated carbocycles. The molecule has 0 aliphatic rings. The average Bonchev–Trinajstić information content (AvgIpc) is 2.48. The second-order valence-corrected chi connectivity index (χ2v) is 3.73. The van der Waals surface area contributed by atoms with E-state index in [1.807, 2.05) is 13.8 Å². The van der Waals surface area contributed by atoms with Gasteiger partial charge in [-0.25, -0.2) is 4.79 Å². The smallest absolute Gasteiger partial charge is 0.355 e. The Morgan fingerprint density at radius 2 is 2.46 bits per heavy atom. The lowest BCUT2D eigenvalue weighted by atomic mass is 10.4. The van der Waals surface area contributed by atoms with Crippen LogP contribution >= 0.6 is 11.5 Å². The molecule has 0 saturated heterocycles. The van der Waals surface area contributed by atoms with Crippen LogP contribution < -0.4 is 0 Å². The summed E-state index contributed by atoms with van der Waals surface area (Å²) in [7, 11) is 0. The van der Waals surface area contributed by atoms with Gasteiger partial charge in [0.05, 0.1) is 17.6 Å². The van der Waals surface area contributed by atoms with Crippen molar-refractivity contribution in [2.45, 2.75) is 26.6 Å². The number of hydrogen-bond acceptors (Lipinski definition) is 4. The van der Waals surface area contributed by atoms with Crippen molar-refractivity contribution in [3.8, 4) is 0 Å². The summed E-state index contributed by atoms with van der Waals surface area (Å²) in [6, 6.07) is 1.54. The molecular weight excluding hydrogens is 190 g/mol. The number of ether oxygens (including phenoxy) is 1. The summed E-state index contributed by atoms with van der Waals surface area (Å²) in [6.45, 7) is 4.29. The van der Waals surface area contributed by atoms with Crippen LogP contribution in [0.3, 0.4) is 0 Å². The van der Waals surface area contributed by atoms with Gasteiger partial charge in [-0.15, -0.1) is 0 Å². The lowest BCUT2D eigenvalue weighted by Crippen LogP contribution is -2.01. The van der Waals surface area contributed by atoms with Crippen LogP contribution in [0.1, 0.15) is 29.2 Å². The summed E-state index contributed by atoms with van der Waals surface area (Å²) in [5.41, 5.74) is 0.0901. The third-order valence-corrected chi connectivity index (χ3v) is 2.10. The molecule has 1 aromatic heterocycles. The van der Waals surface area contributed by atoms with Crippen molar-refractivity contribution in [1.82, 2.24) is 4.37 Å². The molecule has 0 radical (unpaired) electrons. The number of aromatic nitrogens is 1. The van der Waals surface area contributed by atoms with E-state index in [1.54, 1.807) is 0 Å². The summed E-state index contributed by atoms with van der Waals surface area (Å²) in [5, 5.41) is 8.58. The van der Waals surface area contributed by atoms with Crippen molar-refractivity contribution in [2.75, 3.05) is 0 Å². The molecule has 1 aromatic rings. The van der Waals surface area contributed by atoms with Crippen molar-refractivity contribution in [3.63, 3.8) is 0 Å². The molecule has 0 fully saturated rings. The maximum absolute atomic E-state index is 10.5. The average molecular weight is 201 g/mol. The minimum absolute atomic E-state index is 0.0901. The lowest BCUT2D eigenvalue weighted by molar-refractivity contribution is 0.0670. The van der Waals surface area contributed by atoms with Gasteiger partial charge in [-0.2, -0.15) is 4.37 Å². The van der Waals surface area contributed by atoms with E-state index in [0.717, 1.165) is 16.4 Å². The van der Waals surface area contributed by atoms with E-state index in [1.165, 1.54) is 6.07 Å². The molecule has 72 valence electrons. The molecule has 1 heterocycles. The van der Waals surface area contributed by atoms with Crippen LogP contribution in [0.2, 0.25) is 0 Å². The van der Waals surface area contributed by atoms with Gasteiger partial charge in [0.2, 0.25) is 0 Å². The third-order valence-electron chi connectivity index (χ3n) is 1.34. The normalized spacial score (nSPS) is 10.7. The number of nitrogens with zero attached hydrogens (tertiary/aromatic N) is 1. The first kappa shape index (κ1) is 10.1. The summed E-state index contributed by atoms with van der Waals surface area (Å²) < 4.78 is 9.05. The zero-order valence-electron chi connectivity index (χ0n) is 7.48. The summed E-state index contributed by atoms with van der Waals surface area (Å²) >= 11 is 1.16.